The minimum atomic E-state index is -4.26. The normalized spacial score (nSPS) is 12.8. The molecule has 0 aliphatic carbocycles. The molecule has 0 spiro atoms. The van der Waals surface area contributed by atoms with E-state index in [2.05, 4.69) is 22.5 Å². The number of nitrogens with zero attached hydrogens (tertiary/aromatic N) is 1. The fraction of sp³-hybridized carbons (Fsp3) is 0.704. The molecule has 43 heavy (non-hydrogen) atoms. The standard InChI is InChI=1S/C27H46N4O11S/c1-8-16-41-23(35)12-15-31(22(34)10-9-20(32)28-13-17-43(38,39)40)14-11-21(33)30-24(18(2)3)25(36)29-19(4)26(37)42-27(5,6)7/h8,18-19,24H,1,9-17H2,2-7H3,(H,28,32)(H,29,36)(H,30,33)(H,38,39,40)/t19-,24-/m0/s1. The molecule has 0 radical (unpaired) electrons. The van der Waals surface area contributed by atoms with Crippen molar-refractivity contribution in [1.82, 2.24) is 20.9 Å². The molecular weight excluding hydrogens is 588 g/mol. The summed E-state index contributed by atoms with van der Waals surface area (Å²) in [7, 11) is -4.26. The zero-order chi connectivity index (χ0) is 33.4. The topological polar surface area (TPSA) is 215 Å². The summed E-state index contributed by atoms with van der Waals surface area (Å²) in [6.07, 6.45) is 0.328. The Hall–Kier alpha value is -3.53. The van der Waals surface area contributed by atoms with Crippen LogP contribution in [0.1, 0.15) is 67.2 Å². The van der Waals surface area contributed by atoms with E-state index in [0.717, 1.165) is 0 Å². The quantitative estimate of drug-likeness (QED) is 0.0849. The smallest absolute Gasteiger partial charge is 0.328 e. The van der Waals surface area contributed by atoms with Crippen LogP contribution in [0.3, 0.4) is 0 Å². The van der Waals surface area contributed by atoms with Gasteiger partial charge in [0.25, 0.3) is 10.1 Å². The van der Waals surface area contributed by atoms with Crippen LogP contribution in [0.25, 0.3) is 0 Å². The summed E-state index contributed by atoms with van der Waals surface area (Å²) in [6.45, 7) is 12.8. The summed E-state index contributed by atoms with van der Waals surface area (Å²) in [6, 6.07) is -1.97. The van der Waals surface area contributed by atoms with Gasteiger partial charge in [-0.3, -0.25) is 28.5 Å². The third kappa shape index (κ3) is 19.3. The van der Waals surface area contributed by atoms with Gasteiger partial charge in [-0.2, -0.15) is 8.42 Å². The van der Waals surface area contributed by atoms with Crippen LogP contribution in [-0.4, -0.2) is 103 Å². The van der Waals surface area contributed by atoms with Gasteiger partial charge in [-0.05, 0) is 33.6 Å². The van der Waals surface area contributed by atoms with Crippen LogP contribution in [0.15, 0.2) is 12.7 Å². The molecule has 0 heterocycles. The van der Waals surface area contributed by atoms with Gasteiger partial charge in [-0.25, -0.2) is 4.79 Å². The van der Waals surface area contributed by atoms with Crippen LogP contribution >= 0.6 is 0 Å². The van der Waals surface area contributed by atoms with E-state index in [1.54, 1.807) is 34.6 Å². The Morgan fingerprint density at radius 3 is 2.07 bits per heavy atom. The first-order valence-corrected chi connectivity index (χ1v) is 15.4. The van der Waals surface area contributed by atoms with Gasteiger partial charge in [0.05, 0.1) is 12.2 Å². The summed E-state index contributed by atoms with van der Waals surface area (Å²) in [4.78, 5) is 75.8. The van der Waals surface area contributed by atoms with Gasteiger partial charge < -0.3 is 30.3 Å². The molecule has 0 rings (SSSR count). The molecule has 0 aromatic carbocycles. The monoisotopic (exact) mass is 634 g/mol. The highest BCUT2D eigenvalue weighted by Crippen LogP contribution is 2.10. The largest absolute Gasteiger partial charge is 0.461 e. The molecule has 15 nitrogen and oxygen atoms in total. The second-order valence-electron chi connectivity index (χ2n) is 11.0. The average Bonchev–Trinajstić information content (AvgIpc) is 2.87. The highest BCUT2D eigenvalue weighted by molar-refractivity contribution is 7.85. The fourth-order valence-electron chi connectivity index (χ4n) is 3.37. The minimum Gasteiger partial charge on any atom is -0.461 e. The molecule has 0 aromatic rings. The summed E-state index contributed by atoms with van der Waals surface area (Å²) in [5.74, 6) is -4.65. The van der Waals surface area contributed by atoms with Crippen molar-refractivity contribution >= 4 is 45.7 Å². The van der Waals surface area contributed by atoms with Crippen LogP contribution in [0.5, 0.6) is 0 Å². The molecule has 4 N–H and O–H groups in total. The Morgan fingerprint density at radius 2 is 1.53 bits per heavy atom. The van der Waals surface area contributed by atoms with Crippen molar-refractivity contribution in [3.05, 3.63) is 12.7 Å². The van der Waals surface area contributed by atoms with E-state index in [1.807, 2.05) is 0 Å². The SMILES string of the molecule is C=CCOC(=O)CCN(CCC(=O)N[C@H](C(=O)N[C@@H](C)C(=O)OC(C)(C)C)C(C)C)C(=O)CCC(=O)NCCS(=O)(=O)O. The van der Waals surface area contributed by atoms with E-state index in [-0.39, 0.29) is 57.8 Å². The van der Waals surface area contributed by atoms with Gasteiger partial charge in [0.1, 0.15) is 24.3 Å². The lowest BCUT2D eigenvalue weighted by Gasteiger charge is -2.26. The number of carbonyl (C=O) groups excluding carboxylic acids is 6. The number of hydrogen-bond acceptors (Lipinski definition) is 10. The molecular formula is C27H46N4O11S. The Labute approximate surface area is 253 Å². The second-order valence-corrected chi connectivity index (χ2v) is 12.6. The van der Waals surface area contributed by atoms with Gasteiger partial charge in [0.2, 0.25) is 23.6 Å². The van der Waals surface area contributed by atoms with E-state index in [9.17, 15) is 37.2 Å². The summed E-state index contributed by atoms with van der Waals surface area (Å²) in [5.41, 5.74) is -0.750. The predicted octanol–water partition coefficient (Wildman–Crippen LogP) is 0.0958. The lowest BCUT2D eigenvalue weighted by Crippen LogP contribution is -2.54. The minimum absolute atomic E-state index is 0.0237. The number of esters is 2. The van der Waals surface area contributed by atoms with Crippen molar-refractivity contribution in [3.8, 4) is 0 Å². The third-order valence-electron chi connectivity index (χ3n) is 5.54. The molecule has 0 fully saturated rings. The van der Waals surface area contributed by atoms with Crippen molar-refractivity contribution in [3.63, 3.8) is 0 Å². The zero-order valence-corrected chi connectivity index (χ0v) is 26.6. The van der Waals surface area contributed by atoms with Crippen LogP contribution < -0.4 is 16.0 Å². The Balaban J connectivity index is 5.25. The van der Waals surface area contributed by atoms with Crippen LogP contribution in [0.2, 0.25) is 0 Å². The Morgan fingerprint density at radius 1 is 0.930 bits per heavy atom. The Kier molecular flexibility index (Phi) is 17.3. The molecule has 0 aliphatic heterocycles. The molecule has 246 valence electrons. The molecule has 2 atom stereocenters. The van der Waals surface area contributed by atoms with Crippen molar-refractivity contribution in [2.24, 2.45) is 5.92 Å². The van der Waals surface area contributed by atoms with Gasteiger partial charge >= 0.3 is 11.9 Å². The average molecular weight is 635 g/mol. The van der Waals surface area contributed by atoms with Gasteiger partial charge in [-0.15, -0.1) is 0 Å². The van der Waals surface area contributed by atoms with Crippen LogP contribution in [0, 0.1) is 5.92 Å². The van der Waals surface area contributed by atoms with Crippen LogP contribution in [0.4, 0.5) is 0 Å². The number of amides is 4. The molecule has 16 heteroatoms. The van der Waals surface area contributed by atoms with E-state index in [1.165, 1.54) is 17.9 Å². The van der Waals surface area contributed by atoms with Crippen molar-refractivity contribution in [2.75, 3.05) is 32.0 Å². The van der Waals surface area contributed by atoms with Gasteiger partial charge in [-0.1, -0.05) is 26.5 Å². The first-order valence-electron chi connectivity index (χ1n) is 13.8. The van der Waals surface area contributed by atoms with E-state index in [0.29, 0.717) is 0 Å². The highest BCUT2D eigenvalue weighted by atomic mass is 32.2. The predicted molar refractivity (Wildman–Crippen MR) is 156 cm³/mol. The highest BCUT2D eigenvalue weighted by Gasteiger charge is 2.29. The molecule has 0 saturated heterocycles. The van der Waals surface area contributed by atoms with E-state index < -0.39 is 69.1 Å². The number of ether oxygens (including phenoxy) is 2. The van der Waals surface area contributed by atoms with Crippen molar-refractivity contribution in [2.45, 2.75) is 84.9 Å². The van der Waals surface area contributed by atoms with Crippen molar-refractivity contribution < 1.29 is 51.2 Å². The van der Waals surface area contributed by atoms with Crippen molar-refractivity contribution in [1.29, 1.82) is 0 Å². The molecule has 0 saturated carbocycles. The maximum absolute atomic E-state index is 12.8. The lowest BCUT2D eigenvalue weighted by molar-refractivity contribution is -0.158. The van der Waals surface area contributed by atoms with E-state index >= 15 is 0 Å². The molecule has 4 amide bonds. The lowest BCUT2D eigenvalue weighted by atomic mass is 10.0. The van der Waals surface area contributed by atoms with Gasteiger partial charge in [0, 0.05) is 38.9 Å². The summed E-state index contributed by atoms with van der Waals surface area (Å²) in [5, 5.41) is 7.41. The maximum atomic E-state index is 12.8. The third-order valence-corrected chi connectivity index (χ3v) is 6.26. The van der Waals surface area contributed by atoms with Gasteiger partial charge in [0.15, 0.2) is 0 Å². The number of nitrogens with one attached hydrogen (secondary N) is 3. The fourth-order valence-corrected chi connectivity index (χ4v) is 3.73. The Bertz CT molecular complexity index is 1100. The maximum Gasteiger partial charge on any atom is 0.328 e. The molecule has 0 aliphatic rings. The van der Waals surface area contributed by atoms with E-state index in [4.69, 9.17) is 14.0 Å². The molecule has 0 bridgehead atoms. The zero-order valence-electron chi connectivity index (χ0n) is 25.8. The second kappa shape index (κ2) is 18.9. The first-order chi connectivity index (χ1) is 19.8. The number of hydrogen-bond donors (Lipinski definition) is 4. The molecule has 0 unspecified atom stereocenters. The number of rotatable bonds is 19. The molecule has 0 aromatic heterocycles. The summed E-state index contributed by atoms with van der Waals surface area (Å²) >= 11 is 0. The number of carbonyl (C=O) groups is 6. The first kappa shape index (κ1) is 39.5. The van der Waals surface area contributed by atoms with Crippen LogP contribution in [-0.2, 0) is 48.4 Å². The summed E-state index contributed by atoms with van der Waals surface area (Å²) < 4.78 is 40.5.